The molecule has 0 bridgehead atoms. The van der Waals surface area contributed by atoms with E-state index in [9.17, 15) is 9.18 Å². The van der Waals surface area contributed by atoms with Crippen LogP contribution < -0.4 is 14.8 Å². The highest BCUT2D eigenvalue weighted by atomic mass is 19.1. The summed E-state index contributed by atoms with van der Waals surface area (Å²) in [4.78, 5) is 11.9. The van der Waals surface area contributed by atoms with Crippen molar-refractivity contribution in [2.75, 3.05) is 27.8 Å². The summed E-state index contributed by atoms with van der Waals surface area (Å²) in [6.45, 7) is 1.57. The predicted molar refractivity (Wildman–Crippen MR) is 67.3 cm³/mol. The van der Waals surface area contributed by atoms with Crippen LogP contribution in [0.1, 0.15) is 29.0 Å². The van der Waals surface area contributed by atoms with Crippen LogP contribution in [0.15, 0.2) is 12.1 Å². The van der Waals surface area contributed by atoms with Crippen LogP contribution in [0, 0.1) is 0 Å². The number of ketones is 1. The van der Waals surface area contributed by atoms with E-state index in [1.54, 1.807) is 13.1 Å². The molecule has 1 rings (SSSR count). The molecule has 0 radical (unpaired) electrons. The van der Waals surface area contributed by atoms with Gasteiger partial charge in [-0.2, -0.15) is 0 Å². The van der Waals surface area contributed by atoms with Gasteiger partial charge in [-0.1, -0.05) is 0 Å². The zero-order valence-corrected chi connectivity index (χ0v) is 11.0. The number of halogens is 1. The number of ether oxygens (including phenoxy) is 2. The Balaban J connectivity index is 3.35. The summed E-state index contributed by atoms with van der Waals surface area (Å²) in [7, 11) is 4.58. The number of likely N-dealkylation sites (N-methyl/N-ethyl adjacent to an activating group) is 1. The second kappa shape index (κ2) is 6.35. The molecule has 100 valence electrons. The molecule has 0 aromatic heterocycles. The number of hydrogen-bond acceptors (Lipinski definition) is 4. The van der Waals surface area contributed by atoms with E-state index in [2.05, 4.69) is 5.32 Å². The largest absolute Gasteiger partial charge is 0.493 e. The number of hydrogen-bond donors (Lipinski definition) is 1. The van der Waals surface area contributed by atoms with E-state index in [1.807, 2.05) is 0 Å². The Kier molecular flexibility index (Phi) is 5.09. The van der Waals surface area contributed by atoms with Crippen LogP contribution in [0.4, 0.5) is 4.39 Å². The lowest BCUT2D eigenvalue weighted by molar-refractivity contribution is 0.0990. The Labute approximate surface area is 106 Å². The zero-order valence-electron chi connectivity index (χ0n) is 11.0. The third kappa shape index (κ3) is 2.98. The van der Waals surface area contributed by atoms with Crippen LogP contribution >= 0.6 is 0 Å². The molecule has 0 saturated heterocycles. The van der Waals surface area contributed by atoms with Crippen molar-refractivity contribution in [3.05, 3.63) is 23.3 Å². The molecule has 0 aliphatic heterocycles. The number of carbonyl (C=O) groups excluding carboxylic acids is 1. The first-order chi connectivity index (χ1) is 8.54. The Morgan fingerprint density at radius 2 is 2.06 bits per heavy atom. The lowest BCUT2D eigenvalue weighted by Crippen LogP contribution is -2.19. The van der Waals surface area contributed by atoms with E-state index >= 15 is 0 Å². The van der Waals surface area contributed by atoms with Gasteiger partial charge in [-0.05, 0) is 31.7 Å². The van der Waals surface area contributed by atoms with Gasteiger partial charge in [-0.25, -0.2) is 4.39 Å². The number of methoxy groups -OCH3 is 2. The van der Waals surface area contributed by atoms with Crippen LogP contribution in [0.5, 0.6) is 11.5 Å². The predicted octanol–water partition coefficient (Wildman–Crippen LogP) is 2.14. The molecule has 4 nitrogen and oxygen atoms in total. The van der Waals surface area contributed by atoms with Crippen molar-refractivity contribution in [3.63, 3.8) is 0 Å². The molecule has 0 spiro atoms. The fourth-order valence-corrected chi connectivity index (χ4v) is 1.68. The molecule has 5 heteroatoms. The maximum atomic E-state index is 13.4. The molecule has 1 unspecified atom stereocenters. The summed E-state index contributed by atoms with van der Waals surface area (Å²) in [6.07, 6.45) is -1.18. The highest BCUT2D eigenvalue weighted by Crippen LogP contribution is 2.35. The minimum Gasteiger partial charge on any atom is -0.493 e. The smallest absolute Gasteiger partial charge is 0.180 e. The quantitative estimate of drug-likeness (QED) is 0.791. The molecule has 0 heterocycles. The molecule has 0 fully saturated rings. The van der Waals surface area contributed by atoms with Crippen molar-refractivity contribution in [3.8, 4) is 11.5 Å². The number of rotatable bonds is 6. The number of Topliss-reactive ketones (excluding diaryl/α,β-unsaturated/α-hetero) is 1. The summed E-state index contributed by atoms with van der Waals surface area (Å²) in [5.41, 5.74) is 0.720. The summed E-state index contributed by atoms with van der Waals surface area (Å²) < 4.78 is 23.7. The Bertz CT molecular complexity index is 432. The van der Waals surface area contributed by atoms with Gasteiger partial charge in [0.2, 0.25) is 0 Å². The first-order valence-electron chi connectivity index (χ1n) is 5.62. The molecule has 1 N–H and O–H groups in total. The van der Waals surface area contributed by atoms with Gasteiger partial charge in [-0.3, -0.25) is 4.79 Å². The monoisotopic (exact) mass is 255 g/mol. The number of nitrogens with one attached hydrogen (secondary N) is 1. The first kappa shape index (κ1) is 14.4. The van der Waals surface area contributed by atoms with Crippen LogP contribution in [0.25, 0.3) is 0 Å². The van der Waals surface area contributed by atoms with Gasteiger partial charge in [-0.15, -0.1) is 0 Å². The van der Waals surface area contributed by atoms with Gasteiger partial charge in [0.05, 0.1) is 26.3 Å². The van der Waals surface area contributed by atoms with E-state index in [4.69, 9.17) is 9.47 Å². The molecular weight excluding hydrogens is 237 g/mol. The van der Waals surface area contributed by atoms with E-state index in [0.717, 1.165) is 0 Å². The Morgan fingerprint density at radius 1 is 1.39 bits per heavy atom. The van der Waals surface area contributed by atoms with E-state index < -0.39 is 6.17 Å². The van der Waals surface area contributed by atoms with Crippen molar-refractivity contribution in [1.29, 1.82) is 0 Å². The van der Waals surface area contributed by atoms with E-state index in [-0.39, 0.29) is 12.3 Å². The molecule has 1 aromatic rings. The molecular formula is C13H18FNO3. The highest BCUT2D eigenvalue weighted by Gasteiger charge is 2.19. The molecule has 1 aromatic carbocycles. The van der Waals surface area contributed by atoms with Gasteiger partial charge in [0.1, 0.15) is 6.17 Å². The lowest BCUT2D eigenvalue weighted by Gasteiger charge is -2.15. The van der Waals surface area contributed by atoms with E-state index in [1.165, 1.54) is 27.2 Å². The summed E-state index contributed by atoms with van der Waals surface area (Å²) in [6, 6.07) is 3.05. The minimum atomic E-state index is -1.18. The minimum absolute atomic E-state index is 0.156. The topological polar surface area (TPSA) is 47.6 Å². The summed E-state index contributed by atoms with van der Waals surface area (Å²) in [5, 5.41) is 2.76. The molecule has 0 aliphatic rings. The zero-order chi connectivity index (χ0) is 13.7. The molecule has 18 heavy (non-hydrogen) atoms. The van der Waals surface area contributed by atoms with Gasteiger partial charge in [0.25, 0.3) is 0 Å². The molecule has 0 amide bonds. The standard InChI is InChI=1S/C13H18FNO3/c1-8(14)9-5-10(11(16)7-15-2)13(18-4)12(6-9)17-3/h5-6,8,15H,7H2,1-4H3. The van der Waals surface area contributed by atoms with Gasteiger partial charge in [0, 0.05) is 0 Å². The Hall–Kier alpha value is -1.62. The van der Waals surface area contributed by atoms with Crippen molar-refractivity contribution in [2.24, 2.45) is 0 Å². The number of alkyl halides is 1. The second-order valence-corrected chi connectivity index (χ2v) is 3.87. The third-order valence-corrected chi connectivity index (χ3v) is 2.60. The fourth-order valence-electron chi connectivity index (χ4n) is 1.68. The average Bonchev–Trinajstić information content (AvgIpc) is 2.37. The van der Waals surface area contributed by atoms with Crippen LogP contribution in [0.2, 0.25) is 0 Å². The molecule has 0 aliphatic carbocycles. The summed E-state index contributed by atoms with van der Waals surface area (Å²) >= 11 is 0. The molecule has 1 atom stereocenters. The maximum absolute atomic E-state index is 13.4. The number of benzene rings is 1. The third-order valence-electron chi connectivity index (χ3n) is 2.60. The van der Waals surface area contributed by atoms with Crippen LogP contribution in [-0.4, -0.2) is 33.6 Å². The van der Waals surface area contributed by atoms with Gasteiger partial charge < -0.3 is 14.8 Å². The van der Waals surface area contributed by atoms with Crippen LogP contribution in [0.3, 0.4) is 0 Å². The SMILES string of the molecule is CNCC(=O)c1cc(C(C)F)cc(OC)c1OC. The summed E-state index contributed by atoms with van der Waals surface area (Å²) in [5.74, 6) is 0.524. The fraction of sp³-hybridized carbons (Fsp3) is 0.462. The van der Waals surface area contributed by atoms with Crippen molar-refractivity contribution in [2.45, 2.75) is 13.1 Å². The van der Waals surface area contributed by atoms with E-state index in [0.29, 0.717) is 22.6 Å². The first-order valence-corrected chi connectivity index (χ1v) is 5.62. The highest BCUT2D eigenvalue weighted by molar-refractivity contribution is 6.01. The normalized spacial score (nSPS) is 12.1. The molecule has 0 saturated carbocycles. The second-order valence-electron chi connectivity index (χ2n) is 3.87. The average molecular weight is 255 g/mol. The lowest BCUT2D eigenvalue weighted by atomic mass is 10.0. The van der Waals surface area contributed by atoms with Crippen molar-refractivity contribution in [1.82, 2.24) is 5.32 Å². The van der Waals surface area contributed by atoms with Crippen molar-refractivity contribution < 1.29 is 18.7 Å². The maximum Gasteiger partial charge on any atom is 0.180 e. The van der Waals surface area contributed by atoms with Gasteiger partial charge in [0.15, 0.2) is 17.3 Å². The van der Waals surface area contributed by atoms with Crippen LogP contribution in [-0.2, 0) is 0 Å². The van der Waals surface area contributed by atoms with Crippen molar-refractivity contribution >= 4 is 5.78 Å². The Morgan fingerprint density at radius 3 is 2.50 bits per heavy atom. The van der Waals surface area contributed by atoms with Gasteiger partial charge >= 0.3 is 0 Å². The number of carbonyl (C=O) groups is 1.